The van der Waals surface area contributed by atoms with Crippen molar-refractivity contribution >= 4 is 27.3 Å². The van der Waals surface area contributed by atoms with E-state index in [1.54, 1.807) is 33.4 Å². The summed E-state index contributed by atoms with van der Waals surface area (Å²) in [5, 5.41) is 7.06. The Morgan fingerprint density at radius 3 is 2.43 bits per heavy atom. The smallest absolute Gasteiger partial charge is 0.258 e. The van der Waals surface area contributed by atoms with Crippen molar-refractivity contribution < 1.29 is 13.2 Å². The lowest BCUT2D eigenvalue weighted by atomic mass is 10.2. The first kappa shape index (κ1) is 22.3. The van der Waals surface area contributed by atoms with Crippen LogP contribution < -0.4 is 10.2 Å². The first-order valence-electron chi connectivity index (χ1n) is 10.6. The van der Waals surface area contributed by atoms with Gasteiger partial charge in [0, 0.05) is 38.9 Å². The van der Waals surface area contributed by atoms with E-state index in [0.29, 0.717) is 30.9 Å². The summed E-state index contributed by atoms with van der Waals surface area (Å²) in [5.41, 5.74) is 1.73. The maximum absolute atomic E-state index is 13.1. The SMILES string of the molecule is CCN(CC)c1ccc(S(=O)(=O)N2CCCCC2)cc1NC(=O)c1cnn(CC)c1. The van der Waals surface area contributed by atoms with Gasteiger partial charge in [0.25, 0.3) is 5.91 Å². The second-order valence-corrected chi connectivity index (χ2v) is 9.29. The summed E-state index contributed by atoms with van der Waals surface area (Å²) in [6, 6.07) is 5.01. The fourth-order valence-corrected chi connectivity index (χ4v) is 5.26. The number of hydrogen-bond donors (Lipinski definition) is 1. The molecule has 3 rings (SSSR count). The van der Waals surface area contributed by atoms with E-state index >= 15 is 0 Å². The van der Waals surface area contributed by atoms with Gasteiger partial charge in [0.1, 0.15) is 0 Å². The lowest BCUT2D eigenvalue weighted by Gasteiger charge is -2.28. The number of benzene rings is 1. The molecule has 2 heterocycles. The highest BCUT2D eigenvalue weighted by atomic mass is 32.2. The van der Waals surface area contributed by atoms with E-state index in [1.165, 1.54) is 6.20 Å². The van der Waals surface area contributed by atoms with Gasteiger partial charge in [-0.1, -0.05) is 6.42 Å². The minimum Gasteiger partial charge on any atom is -0.370 e. The largest absolute Gasteiger partial charge is 0.370 e. The van der Waals surface area contributed by atoms with Gasteiger partial charge in [0.15, 0.2) is 0 Å². The van der Waals surface area contributed by atoms with Crippen LogP contribution in [0.1, 0.15) is 50.4 Å². The Bertz CT molecular complexity index is 976. The van der Waals surface area contributed by atoms with Crippen LogP contribution in [0.25, 0.3) is 0 Å². The highest BCUT2D eigenvalue weighted by molar-refractivity contribution is 7.89. The van der Waals surface area contributed by atoms with Crippen molar-refractivity contribution in [3.8, 4) is 0 Å². The Labute approximate surface area is 178 Å². The summed E-state index contributed by atoms with van der Waals surface area (Å²) in [4.78, 5) is 15.1. The Kier molecular flexibility index (Phi) is 7.14. The fourth-order valence-electron chi connectivity index (χ4n) is 3.72. The van der Waals surface area contributed by atoms with Gasteiger partial charge < -0.3 is 10.2 Å². The fraction of sp³-hybridized carbons (Fsp3) is 0.524. The zero-order chi connectivity index (χ0) is 21.7. The van der Waals surface area contributed by atoms with E-state index in [0.717, 1.165) is 38.0 Å². The van der Waals surface area contributed by atoms with Gasteiger partial charge in [-0.3, -0.25) is 9.48 Å². The molecule has 1 saturated heterocycles. The molecule has 30 heavy (non-hydrogen) atoms. The van der Waals surface area contributed by atoms with Crippen molar-refractivity contribution in [2.45, 2.75) is 51.5 Å². The van der Waals surface area contributed by atoms with Crippen molar-refractivity contribution in [3.63, 3.8) is 0 Å². The van der Waals surface area contributed by atoms with E-state index in [9.17, 15) is 13.2 Å². The van der Waals surface area contributed by atoms with Crippen LogP contribution in [0.3, 0.4) is 0 Å². The lowest BCUT2D eigenvalue weighted by molar-refractivity contribution is 0.102. The van der Waals surface area contributed by atoms with E-state index < -0.39 is 10.0 Å². The zero-order valence-corrected chi connectivity index (χ0v) is 18.8. The van der Waals surface area contributed by atoms with E-state index in [2.05, 4.69) is 15.3 Å². The number of sulfonamides is 1. The van der Waals surface area contributed by atoms with Crippen molar-refractivity contribution in [3.05, 3.63) is 36.2 Å². The maximum Gasteiger partial charge on any atom is 0.258 e. The molecule has 1 aliphatic rings. The van der Waals surface area contributed by atoms with Crippen LogP contribution in [-0.4, -0.2) is 54.6 Å². The Hall–Kier alpha value is -2.39. The number of amides is 1. The molecule has 1 aromatic heterocycles. The molecule has 0 bridgehead atoms. The quantitative estimate of drug-likeness (QED) is 0.691. The molecule has 0 aliphatic carbocycles. The summed E-state index contributed by atoms with van der Waals surface area (Å²) >= 11 is 0. The molecule has 9 heteroatoms. The van der Waals surface area contributed by atoms with Gasteiger partial charge in [-0.2, -0.15) is 9.40 Å². The Morgan fingerprint density at radius 1 is 1.13 bits per heavy atom. The molecule has 0 spiro atoms. The molecule has 0 saturated carbocycles. The second-order valence-electron chi connectivity index (χ2n) is 7.35. The molecule has 1 N–H and O–H groups in total. The first-order chi connectivity index (χ1) is 14.4. The van der Waals surface area contributed by atoms with Crippen molar-refractivity contribution in [2.24, 2.45) is 0 Å². The summed E-state index contributed by atoms with van der Waals surface area (Å²) in [5.74, 6) is -0.310. The van der Waals surface area contributed by atoms with Crippen LogP contribution in [0.4, 0.5) is 11.4 Å². The van der Waals surface area contributed by atoms with Crippen LogP contribution in [0, 0.1) is 0 Å². The molecule has 0 radical (unpaired) electrons. The molecule has 1 fully saturated rings. The standard InChI is InChI=1S/C21H31N5O3S/c1-4-24(5-2)20-11-10-18(30(28,29)26-12-8-7-9-13-26)14-19(20)23-21(27)17-15-22-25(6-3)16-17/h10-11,14-16H,4-9,12-13H2,1-3H3,(H,23,27). The van der Waals surface area contributed by atoms with Crippen molar-refractivity contribution in [1.82, 2.24) is 14.1 Å². The molecule has 8 nitrogen and oxygen atoms in total. The number of nitrogens with one attached hydrogen (secondary N) is 1. The van der Waals surface area contributed by atoms with Crippen LogP contribution in [-0.2, 0) is 16.6 Å². The average Bonchev–Trinajstić information content (AvgIpc) is 3.25. The molecular weight excluding hydrogens is 402 g/mol. The molecule has 1 amide bonds. The van der Waals surface area contributed by atoms with Gasteiger partial charge in [-0.25, -0.2) is 8.42 Å². The summed E-state index contributed by atoms with van der Waals surface area (Å²) in [6.45, 7) is 9.23. The molecule has 2 aromatic rings. The third-order valence-electron chi connectivity index (χ3n) is 5.49. The number of hydrogen-bond acceptors (Lipinski definition) is 5. The number of rotatable bonds is 8. The van der Waals surface area contributed by atoms with E-state index in [4.69, 9.17) is 0 Å². The minimum atomic E-state index is -3.59. The number of anilines is 2. The predicted octanol–water partition coefficient (Wildman–Crippen LogP) is 3.18. The maximum atomic E-state index is 13.1. The van der Waals surface area contributed by atoms with Gasteiger partial charge >= 0.3 is 0 Å². The first-order valence-corrected chi connectivity index (χ1v) is 12.1. The summed E-state index contributed by atoms with van der Waals surface area (Å²) < 4.78 is 29.5. The monoisotopic (exact) mass is 433 g/mol. The van der Waals surface area contributed by atoms with Crippen LogP contribution >= 0.6 is 0 Å². The van der Waals surface area contributed by atoms with Crippen LogP contribution in [0.2, 0.25) is 0 Å². The average molecular weight is 434 g/mol. The topological polar surface area (TPSA) is 87.5 Å². The third-order valence-corrected chi connectivity index (χ3v) is 7.39. The normalized spacial score (nSPS) is 15.2. The van der Waals surface area contributed by atoms with Gasteiger partial charge in [-0.05, 0) is 51.8 Å². The highest BCUT2D eigenvalue weighted by Gasteiger charge is 2.27. The minimum absolute atomic E-state index is 0.208. The Balaban J connectivity index is 1.97. The number of piperidine rings is 1. The molecule has 164 valence electrons. The Morgan fingerprint density at radius 2 is 1.83 bits per heavy atom. The number of aryl methyl sites for hydroxylation is 1. The van der Waals surface area contributed by atoms with Crippen molar-refractivity contribution in [1.29, 1.82) is 0 Å². The van der Waals surface area contributed by atoms with Gasteiger partial charge in [0.2, 0.25) is 10.0 Å². The lowest BCUT2D eigenvalue weighted by Crippen LogP contribution is -2.35. The molecule has 0 atom stereocenters. The predicted molar refractivity (Wildman–Crippen MR) is 118 cm³/mol. The summed E-state index contributed by atoms with van der Waals surface area (Å²) in [7, 11) is -3.59. The van der Waals surface area contributed by atoms with Crippen LogP contribution in [0.5, 0.6) is 0 Å². The number of carbonyl (C=O) groups excluding carboxylic acids is 1. The van der Waals surface area contributed by atoms with Crippen LogP contribution in [0.15, 0.2) is 35.5 Å². The molecule has 1 aromatic carbocycles. The third kappa shape index (κ3) is 4.67. The number of aromatic nitrogens is 2. The van der Waals surface area contributed by atoms with Gasteiger partial charge in [0.05, 0.1) is 28.0 Å². The van der Waals surface area contributed by atoms with Crippen molar-refractivity contribution in [2.75, 3.05) is 36.4 Å². The molecule has 0 unspecified atom stereocenters. The zero-order valence-electron chi connectivity index (χ0n) is 18.0. The van der Waals surface area contributed by atoms with E-state index in [1.807, 2.05) is 20.8 Å². The summed E-state index contributed by atoms with van der Waals surface area (Å²) in [6.07, 6.45) is 6.01. The highest BCUT2D eigenvalue weighted by Crippen LogP contribution is 2.31. The number of nitrogens with zero attached hydrogens (tertiary/aromatic N) is 4. The molecular formula is C21H31N5O3S. The van der Waals surface area contributed by atoms with E-state index in [-0.39, 0.29) is 10.8 Å². The number of carbonyl (C=O) groups is 1. The second kappa shape index (κ2) is 9.61. The van der Waals surface area contributed by atoms with Gasteiger partial charge in [-0.15, -0.1) is 0 Å². The molecule has 1 aliphatic heterocycles.